The van der Waals surface area contributed by atoms with Crippen molar-refractivity contribution in [3.05, 3.63) is 22.8 Å². The van der Waals surface area contributed by atoms with Crippen LogP contribution in [0.1, 0.15) is 24.2 Å². The molecule has 5 N–H and O–H groups in total. The van der Waals surface area contributed by atoms with Gasteiger partial charge >= 0.3 is 0 Å². The molecule has 0 saturated carbocycles. The van der Waals surface area contributed by atoms with Crippen molar-refractivity contribution in [2.24, 2.45) is 5.84 Å². The highest BCUT2D eigenvalue weighted by Crippen LogP contribution is 2.13. The standard InChI is InChI=1S/C11H16ClN5O2/c1-3-14-10(18)6(2)15-11(19)7-4-8(12)16-9(5-7)17-13/h4-6H,3,13H2,1-2H3,(H,14,18)(H,15,19)(H,16,17). The summed E-state index contributed by atoms with van der Waals surface area (Å²) in [5, 5.41) is 5.30. The van der Waals surface area contributed by atoms with E-state index in [-0.39, 0.29) is 22.4 Å². The lowest BCUT2D eigenvalue weighted by atomic mass is 10.2. The van der Waals surface area contributed by atoms with Crippen LogP contribution in [-0.2, 0) is 4.79 Å². The van der Waals surface area contributed by atoms with Crippen LogP contribution in [0.2, 0.25) is 5.15 Å². The Labute approximate surface area is 115 Å². The Hall–Kier alpha value is -1.86. The van der Waals surface area contributed by atoms with Crippen molar-refractivity contribution in [2.45, 2.75) is 19.9 Å². The summed E-state index contributed by atoms with van der Waals surface area (Å²) in [5.74, 6) is 4.79. The summed E-state index contributed by atoms with van der Waals surface area (Å²) < 4.78 is 0. The number of nitrogens with two attached hydrogens (primary N) is 1. The quantitative estimate of drug-likeness (QED) is 0.353. The summed E-state index contributed by atoms with van der Waals surface area (Å²) in [7, 11) is 0. The summed E-state index contributed by atoms with van der Waals surface area (Å²) in [4.78, 5) is 27.3. The number of halogens is 1. The molecule has 0 aliphatic rings. The molecule has 1 aromatic heterocycles. The number of hydrogen-bond donors (Lipinski definition) is 4. The van der Waals surface area contributed by atoms with Crippen LogP contribution in [-0.4, -0.2) is 29.4 Å². The number of likely N-dealkylation sites (N-methyl/N-ethyl adjacent to an activating group) is 1. The Kier molecular flexibility index (Phi) is 5.53. The fraction of sp³-hybridized carbons (Fsp3) is 0.364. The molecule has 19 heavy (non-hydrogen) atoms. The number of aromatic nitrogens is 1. The predicted octanol–water partition coefficient (Wildman–Crippen LogP) is 0.275. The van der Waals surface area contributed by atoms with Gasteiger partial charge in [0, 0.05) is 12.1 Å². The zero-order chi connectivity index (χ0) is 14.4. The molecule has 8 heteroatoms. The number of amides is 2. The second-order valence-electron chi connectivity index (χ2n) is 3.80. The minimum Gasteiger partial charge on any atom is -0.355 e. The third kappa shape index (κ3) is 4.38. The maximum absolute atomic E-state index is 11.9. The van der Waals surface area contributed by atoms with E-state index in [1.807, 2.05) is 0 Å². The number of anilines is 1. The first kappa shape index (κ1) is 15.2. The smallest absolute Gasteiger partial charge is 0.252 e. The predicted molar refractivity (Wildman–Crippen MR) is 72.7 cm³/mol. The molecule has 1 aromatic rings. The van der Waals surface area contributed by atoms with Crippen molar-refractivity contribution in [1.82, 2.24) is 15.6 Å². The summed E-state index contributed by atoms with van der Waals surface area (Å²) in [6.45, 7) is 3.89. The summed E-state index contributed by atoms with van der Waals surface area (Å²) in [5.41, 5.74) is 2.57. The van der Waals surface area contributed by atoms with Crippen LogP contribution >= 0.6 is 11.6 Å². The fourth-order valence-corrected chi connectivity index (χ4v) is 1.58. The molecule has 0 fully saturated rings. The second-order valence-corrected chi connectivity index (χ2v) is 4.19. The van der Waals surface area contributed by atoms with Gasteiger partial charge in [-0.05, 0) is 26.0 Å². The highest BCUT2D eigenvalue weighted by Gasteiger charge is 2.16. The van der Waals surface area contributed by atoms with Gasteiger partial charge in [0.15, 0.2) is 0 Å². The van der Waals surface area contributed by atoms with Crippen LogP contribution in [0.4, 0.5) is 5.82 Å². The molecule has 1 atom stereocenters. The van der Waals surface area contributed by atoms with Crippen LogP contribution < -0.4 is 21.9 Å². The molecule has 0 bridgehead atoms. The van der Waals surface area contributed by atoms with Crippen molar-refractivity contribution in [2.75, 3.05) is 12.0 Å². The number of nitrogens with zero attached hydrogens (tertiary/aromatic N) is 1. The number of nitrogens with one attached hydrogen (secondary N) is 3. The fourth-order valence-electron chi connectivity index (χ4n) is 1.37. The number of rotatable bonds is 5. The van der Waals surface area contributed by atoms with E-state index in [0.29, 0.717) is 6.54 Å². The molecule has 1 rings (SSSR count). The maximum atomic E-state index is 11.9. The molecule has 104 valence electrons. The average molecular weight is 286 g/mol. The number of carbonyl (C=O) groups is 2. The first-order chi connectivity index (χ1) is 8.97. The minimum atomic E-state index is -0.645. The third-order valence-electron chi connectivity index (χ3n) is 2.30. The lowest BCUT2D eigenvalue weighted by Gasteiger charge is -2.13. The highest BCUT2D eigenvalue weighted by atomic mass is 35.5. The number of hydrazine groups is 1. The number of pyridine rings is 1. The maximum Gasteiger partial charge on any atom is 0.252 e. The van der Waals surface area contributed by atoms with Crippen LogP contribution in [0.15, 0.2) is 12.1 Å². The lowest BCUT2D eigenvalue weighted by Crippen LogP contribution is -2.44. The first-order valence-corrected chi connectivity index (χ1v) is 6.08. The van der Waals surface area contributed by atoms with E-state index in [1.165, 1.54) is 12.1 Å². The molecule has 0 saturated heterocycles. The van der Waals surface area contributed by atoms with Crippen molar-refractivity contribution >= 4 is 29.2 Å². The molecule has 7 nitrogen and oxygen atoms in total. The van der Waals surface area contributed by atoms with Gasteiger partial charge in [0.25, 0.3) is 5.91 Å². The van der Waals surface area contributed by atoms with E-state index >= 15 is 0 Å². The lowest BCUT2D eigenvalue weighted by molar-refractivity contribution is -0.122. The van der Waals surface area contributed by atoms with Crippen LogP contribution in [0.25, 0.3) is 0 Å². The second kappa shape index (κ2) is 6.91. The van der Waals surface area contributed by atoms with Crippen LogP contribution in [0, 0.1) is 0 Å². The normalized spacial score (nSPS) is 11.6. The van der Waals surface area contributed by atoms with E-state index in [1.54, 1.807) is 13.8 Å². The van der Waals surface area contributed by atoms with Crippen molar-refractivity contribution < 1.29 is 9.59 Å². The summed E-state index contributed by atoms with van der Waals surface area (Å²) in [6.07, 6.45) is 0. The number of hydrogen-bond acceptors (Lipinski definition) is 5. The molecule has 1 heterocycles. The monoisotopic (exact) mass is 285 g/mol. The van der Waals surface area contributed by atoms with Crippen molar-refractivity contribution in [3.8, 4) is 0 Å². The van der Waals surface area contributed by atoms with Crippen molar-refractivity contribution in [1.29, 1.82) is 0 Å². The van der Waals surface area contributed by atoms with Gasteiger partial charge in [-0.2, -0.15) is 0 Å². The zero-order valence-electron chi connectivity index (χ0n) is 10.7. The molecule has 0 spiro atoms. The van der Waals surface area contributed by atoms with E-state index < -0.39 is 11.9 Å². The molecule has 0 aromatic carbocycles. The van der Waals surface area contributed by atoms with Gasteiger partial charge in [0.2, 0.25) is 5.91 Å². The first-order valence-electron chi connectivity index (χ1n) is 5.70. The Bertz CT molecular complexity index is 480. The Balaban J connectivity index is 2.78. The molecule has 1 unspecified atom stereocenters. The molecular formula is C11H16ClN5O2. The van der Waals surface area contributed by atoms with Gasteiger partial charge in [0.05, 0.1) is 0 Å². The van der Waals surface area contributed by atoms with E-state index in [4.69, 9.17) is 17.4 Å². The Morgan fingerprint density at radius 1 is 1.47 bits per heavy atom. The molecule has 0 aliphatic carbocycles. The molecule has 2 amide bonds. The Morgan fingerprint density at radius 2 is 2.16 bits per heavy atom. The van der Waals surface area contributed by atoms with Gasteiger partial charge in [-0.25, -0.2) is 10.8 Å². The van der Waals surface area contributed by atoms with Gasteiger partial charge in [-0.1, -0.05) is 11.6 Å². The van der Waals surface area contributed by atoms with E-state index in [2.05, 4.69) is 21.0 Å². The minimum absolute atomic E-state index is 0.131. The summed E-state index contributed by atoms with van der Waals surface area (Å²) in [6, 6.07) is 2.18. The van der Waals surface area contributed by atoms with Crippen molar-refractivity contribution in [3.63, 3.8) is 0 Å². The Morgan fingerprint density at radius 3 is 2.74 bits per heavy atom. The third-order valence-corrected chi connectivity index (χ3v) is 2.49. The van der Waals surface area contributed by atoms with Gasteiger partial charge in [-0.15, -0.1) is 0 Å². The van der Waals surface area contributed by atoms with E-state index in [9.17, 15) is 9.59 Å². The van der Waals surface area contributed by atoms with Crippen LogP contribution in [0.5, 0.6) is 0 Å². The zero-order valence-corrected chi connectivity index (χ0v) is 11.4. The van der Waals surface area contributed by atoms with Crippen LogP contribution in [0.3, 0.4) is 0 Å². The van der Waals surface area contributed by atoms with Gasteiger partial charge in [-0.3, -0.25) is 9.59 Å². The van der Waals surface area contributed by atoms with E-state index in [0.717, 1.165) is 0 Å². The van der Waals surface area contributed by atoms with Gasteiger partial charge < -0.3 is 16.1 Å². The van der Waals surface area contributed by atoms with Gasteiger partial charge in [0.1, 0.15) is 17.0 Å². The summed E-state index contributed by atoms with van der Waals surface area (Å²) >= 11 is 5.76. The number of carbonyl (C=O) groups excluding carboxylic acids is 2. The highest BCUT2D eigenvalue weighted by molar-refractivity contribution is 6.29. The molecule has 0 radical (unpaired) electrons. The molecular weight excluding hydrogens is 270 g/mol. The SMILES string of the molecule is CCNC(=O)C(C)NC(=O)c1cc(Cl)nc(NN)c1. The largest absolute Gasteiger partial charge is 0.355 e. The number of nitrogen functional groups attached to an aromatic ring is 1. The molecule has 0 aliphatic heterocycles. The average Bonchev–Trinajstić information content (AvgIpc) is 2.38. The topological polar surface area (TPSA) is 109 Å².